The highest BCUT2D eigenvalue weighted by Gasteiger charge is 2.28. The number of nitrogens with zero attached hydrogens (tertiary/aromatic N) is 2. The maximum absolute atomic E-state index is 5.48. The molecule has 2 rings (SSSR count). The van der Waals surface area contributed by atoms with Crippen molar-refractivity contribution in [2.45, 2.75) is 51.8 Å². The van der Waals surface area contributed by atoms with Gasteiger partial charge in [-0.2, -0.15) is 4.98 Å². The van der Waals surface area contributed by atoms with E-state index in [1.807, 2.05) is 0 Å². The first kappa shape index (κ1) is 11.5. The molecule has 1 aliphatic rings. The second-order valence-electron chi connectivity index (χ2n) is 4.66. The Morgan fingerprint density at radius 1 is 1.50 bits per heavy atom. The van der Waals surface area contributed by atoms with Crippen LogP contribution in [0.1, 0.15) is 44.8 Å². The monoisotopic (exact) mass is 225 g/mol. The van der Waals surface area contributed by atoms with Gasteiger partial charge in [-0.1, -0.05) is 19.0 Å². The largest absolute Gasteiger partial charge is 0.378 e. The van der Waals surface area contributed by atoms with Crippen molar-refractivity contribution >= 4 is 0 Å². The molecule has 1 aliphatic heterocycles. The fourth-order valence-electron chi connectivity index (χ4n) is 1.79. The lowest BCUT2D eigenvalue weighted by Gasteiger charge is -2.03. The van der Waals surface area contributed by atoms with E-state index in [0.29, 0.717) is 31.2 Å². The van der Waals surface area contributed by atoms with Crippen LogP contribution in [0.2, 0.25) is 0 Å². The van der Waals surface area contributed by atoms with Gasteiger partial charge in [-0.15, -0.1) is 0 Å². The normalized spacial score (nSPS) is 25.5. The number of rotatable bonds is 4. The van der Waals surface area contributed by atoms with Crippen molar-refractivity contribution < 1.29 is 9.26 Å². The fraction of sp³-hybridized carbons (Fsp3) is 0.818. The average Bonchev–Trinajstić information content (AvgIpc) is 2.83. The lowest BCUT2D eigenvalue weighted by atomic mass is 10.1. The molecule has 2 unspecified atom stereocenters. The third kappa shape index (κ3) is 2.80. The number of nitrogens with one attached hydrogen (secondary N) is 1. The van der Waals surface area contributed by atoms with E-state index in [2.05, 4.69) is 36.2 Å². The molecule has 0 spiro atoms. The minimum absolute atomic E-state index is 0.273. The zero-order valence-corrected chi connectivity index (χ0v) is 10.1. The molecule has 16 heavy (non-hydrogen) atoms. The molecule has 5 heteroatoms. The zero-order chi connectivity index (χ0) is 11.5. The van der Waals surface area contributed by atoms with Gasteiger partial charge in [0.1, 0.15) is 0 Å². The van der Waals surface area contributed by atoms with Gasteiger partial charge in [0.05, 0.1) is 25.2 Å². The first-order valence-corrected chi connectivity index (χ1v) is 5.82. The van der Waals surface area contributed by atoms with Gasteiger partial charge in [-0.25, -0.2) is 0 Å². The Bertz CT molecular complexity index is 338. The standard InChI is InChI=1S/C11H19N3O2/c1-7(2)12-5-10-13-11(16-14-10)9-4-8(3)15-6-9/h7-9,12H,4-6H2,1-3H3. The molecule has 1 fully saturated rings. The van der Waals surface area contributed by atoms with Crippen LogP contribution in [0.25, 0.3) is 0 Å². The molecule has 1 saturated heterocycles. The van der Waals surface area contributed by atoms with E-state index in [0.717, 1.165) is 12.2 Å². The van der Waals surface area contributed by atoms with Crippen molar-refractivity contribution in [2.75, 3.05) is 6.61 Å². The van der Waals surface area contributed by atoms with Gasteiger partial charge < -0.3 is 14.6 Å². The van der Waals surface area contributed by atoms with E-state index in [-0.39, 0.29) is 5.92 Å². The van der Waals surface area contributed by atoms with Crippen LogP contribution in [0.3, 0.4) is 0 Å². The molecule has 0 aliphatic carbocycles. The van der Waals surface area contributed by atoms with E-state index in [1.54, 1.807) is 0 Å². The van der Waals surface area contributed by atoms with E-state index >= 15 is 0 Å². The number of aromatic nitrogens is 2. The van der Waals surface area contributed by atoms with Crippen molar-refractivity contribution in [1.82, 2.24) is 15.5 Å². The molecule has 90 valence electrons. The zero-order valence-electron chi connectivity index (χ0n) is 10.1. The summed E-state index contributed by atoms with van der Waals surface area (Å²) in [7, 11) is 0. The van der Waals surface area contributed by atoms with Gasteiger partial charge >= 0.3 is 0 Å². The maximum Gasteiger partial charge on any atom is 0.232 e. The van der Waals surface area contributed by atoms with Gasteiger partial charge in [0, 0.05) is 6.04 Å². The van der Waals surface area contributed by atoms with Crippen LogP contribution in [-0.4, -0.2) is 28.9 Å². The van der Waals surface area contributed by atoms with Crippen LogP contribution in [0.15, 0.2) is 4.52 Å². The summed E-state index contributed by atoms with van der Waals surface area (Å²) < 4.78 is 10.7. The molecule has 2 heterocycles. The molecule has 1 N–H and O–H groups in total. The first-order valence-electron chi connectivity index (χ1n) is 5.82. The van der Waals surface area contributed by atoms with Crippen molar-refractivity contribution in [3.63, 3.8) is 0 Å². The predicted molar refractivity (Wildman–Crippen MR) is 59.0 cm³/mol. The van der Waals surface area contributed by atoms with Gasteiger partial charge in [-0.05, 0) is 13.3 Å². The molecular weight excluding hydrogens is 206 g/mol. The molecule has 5 nitrogen and oxygen atoms in total. The molecule has 0 aromatic carbocycles. The predicted octanol–water partition coefficient (Wildman–Crippen LogP) is 1.46. The summed E-state index contributed by atoms with van der Waals surface area (Å²) in [5.74, 6) is 1.71. The summed E-state index contributed by atoms with van der Waals surface area (Å²) in [6, 6.07) is 0.428. The molecule has 0 amide bonds. The molecule has 1 aromatic heterocycles. The van der Waals surface area contributed by atoms with Crippen LogP contribution in [-0.2, 0) is 11.3 Å². The molecule has 0 bridgehead atoms. The highest BCUT2D eigenvalue weighted by Crippen LogP contribution is 2.27. The fourth-order valence-corrected chi connectivity index (χ4v) is 1.79. The number of hydrogen-bond acceptors (Lipinski definition) is 5. The summed E-state index contributed by atoms with van der Waals surface area (Å²) in [6.45, 7) is 7.60. The van der Waals surface area contributed by atoms with Crippen LogP contribution >= 0.6 is 0 Å². The minimum Gasteiger partial charge on any atom is -0.378 e. The topological polar surface area (TPSA) is 60.2 Å². The van der Waals surface area contributed by atoms with Crippen molar-refractivity contribution in [1.29, 1.82) is 0 Å². The van der Waals surface area contributed by atoms with Crippen LogP contribution in [0.5, 0.6) is 0 Å². The highest BCUT2D eigenvalue weighted by molar-refractivity contribution is 4.97. The summed E-state index contributed by atoms with van der Waals surface area (Å²) in [5.41, 5.74) is 0. The summed E-state index contributed by atoms with van der Waals surface area (Å²) in [6.07, 6.45) is 1.27. The van der Waals surface area contributed by atoms with Crippen LogP contribution in [0.4, 0.5) is 0 Å². The van der Waals surface area contributed by atoms with E-state index in [4.69, 9.17) is 9.26 Å². The molecule has 2 atom stereocenters. The first-order chi connectivity index (χ1) is 7.65. The van der Waals surface area contributed by atoms with Crippen molar-refractivity contribution in [3.05, 3.63) is 11.7 Å². The number of hydrogen-bond donors (Lipinski definition) is 1. The Morgan fingerprint density at radius 3 is 2.94 bits per heavy atom. The SMILES string of the molecule is CC(C)NCc1noc(C2COC(C)C2)n1. The van der Waals surface area contributed by atoms with Crippen LogP contribution < -0.4 is 5.32 Å². The summed E-state index contributed by atoms with van der Waals surface area (Å²) in [5, 5.41) is 7.21. The molecule has 0 radical (unpaired) electrons. The van der Waals surface area contributed by atoms with Gasteiger partial charge in [0.15, 0.2) is 5.82 Å². The van der Waals surface area contributed by atoms with Crippen molar-refractivity contribution in [2.24, 2.45) is 0 Å². The van der Waals surface area contributed by atoms with Gasteiger partial charge in [0.2, 0.25) is 5.89 Å². The lowest BCUT2D eigenvalue weighted by Crippen LogP contribution is -2.22. The van der Waals surface area contributed by atoms with E-state index in [9.17, 15) is 0 Å². The molecule has 1 aromatic rings. The molecular formula is C11H19N3O2. The van der Waals surface area contributed by atoms with E-state index < -0.39 is 0 Å². The Balaban J connectivity index is 1.91. The third-order valence-corrected chi connectivity index (χ3v) is 2.70. The summed E-state index contributed by atoms with van der Waals surface area (Å²) >= 11 is 0. The quantitative estimate of drug-likeness (QED) is 0.840. The van der Waals surface area contributed by atoms with Gasteiger partial charge in [-0.3, -0.25) is 0 Å². The highest BCUT2D eigenvalue weighted by atomic mass is 16.5. The van der Waals surface area contributed by atoms with Gasteiger partial charge in [0.25, 0.3) is 0 Å². The second kappa shape index (κ2) is 4.93. The lowest BCUT2D eigenvalue weighted by molar-refractivity contribution is 0.122. The molecule has 0 saturated carbocycles. The number of ether oxygens (including phenoxy) is 1. The Morgan fingerprint density at radius 2 is 2.31 bits per heavy atom. The van der Waals surface area contributed by atoms with Crippen molar-refractivity contribution in [3.8, 4) is 0 Å². The second-order valence-corrected chi connectivity index (χ2v) is 4.66. The average molecular weight is 225 g/mol. The Kier molecular flexibility index (Phi) is 3.56. The maximum atomic E-state index is 5.48. The minimum atomic E-state index is 0.273. The Hall–Kier alpha value is -0.940. The smallest absolute Gasteiger partial charge is 0.232 e. The Labute approximate surface area is 95.6 Å². The third-order valence-electron chi connectivity index (χ3n) is 2.70. The summed E-state index contributed by atoms with van der Waals surface area (Å²) in [4.78, 5) is 4.38. The van der Waals surface area contributed by atoms with E-state index in [1.165, 1.54) is 0 Å². The van der Waals surface area contributed by atoms with Crippen LogP contribution in [0, 0.1) is 0 Å².